The van der Waals surface area contributed by atoms with E-state index < -0.39 is 0 Å². The van der Waals surface area contributed by atoms with Gasteiger partial charge in [0, 0.05) is 45.6 Å². The summed E-state index contributed by atoms with van der Waals surface area (Å²) in [6.07, 6.45) is 1.02. The number of nitrogens with two attached hydrogens (primary N) is 1. The van der Waals surface area contributed by atoms with Crippen LogP contribution in [0.1, 0.15) is 24.9 Å². The van der Waals surface area contributed by atoms with Crippen molar-refractivity contribution < 1.29 is 9.47 Å². The summed E-state index contributed by atoms with van der Waals surface area (Å²) in [5.41, 5.74) is 7.91. The second-order valence-corrected chi connectivity index (χ2v) is 4.72. The molecule has 0 saturated heterocycles. The van der Waals surface area contributed by atoms with E-state index in [-0.39, 0.29) is 0 Å². The maximum atomic E-state index is 5.86. The molecule has 1 atom stereocenters. The van der Waals surface area contributed by atoms with Crippen molar-refractivity contribution in [2.45, 2.75) is 19.4 Å². The van der Waals surface area contributed by atoms with Gasteiger partial charge in [0.2, 0.25) is 0 Å². The average molecular weight is 266 g/mol. The Bertz CT molecular complexity index is 358. The Morgan fingerprint density at radius 3 is 2.53 bits per heavy atom. The van der Waals surface area contributed by atoms with Gasteiger partial charge in [-0.1, -0.05) is 12.1 Å². The van der Waals surface area contributed by atoms with Crippen LogP contribution in [-0.4, -0.2) is 45.4 Å². The molecule has 1 rings (SSSR count). The number of nitrogen functional groups attached to an aromatic ring is 1. The van der Waals surface area contributed by atoms with Gasteiger partial charge in [-0.2, -0.15) is 0 Å². The lowest BCUT2D eigenvalue weighted by Gasteiger charge is -2.29. The number of methoxy groups -OCH3 is 2. The minimum Gasteiger partial charge on any atom is -0.399 e. The number of rotatable bonds is 9. The molecule has 0 amide bonds. The topological polar surface area (TPSA) is 47.7 Å². The van der Waals surface area contributed by atoms with Gasteiger partial charge in [-0.15, -0.1) is 0 Å². The van der Waals surface area contributed by atoms with Gasteiger partial charge in [-0.25, -0.2) is 0 Å². The molecule has 108 valence electrons. The first-order valence-corrected chi connectivity index (χ1v) is 6.76. The zero-order valence-electron chi connectivity index (χ0n) is 12.3. The molecule has 2 N–H and O–H groups in total. The summed E-state index contributed by atoms with van der Waals surface area (Å²) in [4.78, 5) is 2.40. The predicted molar refractivity (Wildman–Crippen MR) is 79.2 cm³/mol. The summed E-state index contributed by atoms with van der Waals surface area (Å²) in [6, 6.07) is 8.42. The summed E-state index contributed by atoms with van der Waals surface area (Å²) in [5.74, 6) is 0. The second kappa shape index (κ2) is 8.91. The Morgan fingerprint density at radius 1 is 1.16 bits per heavy atom. The molecular weight excluding hydrogens is 240 g/mol. The minimum atomic E-state index is 0.329. The average Bonchev–Trinajstić information content (AvgIpc) is 2.42. The smallest absolute Gasteiger partial charge is 0.0589 e. The van der Waals surface area contributed by atoms with Gasteiger partial charge in [0.25, 0.3) is 0 Å². The highest BCUT2D eigenvalue weighted by atomic mass is 16.5. The van der Waals surface area contributed by atoms with Gasteiger partial charge < -0.3 is 15.2 Å². The number of hydrogen-bond acceptors (Lipinski definition) is 4. The number of hydrogen-bond donors (Lipinski definition) is 1. The van der Waals surface area contributed by atoms with E-state index in [1.165, 1.54) is 5.56 Å². The number of benzene rings is 1. The van der Waals surface area contributed by atoms with Crippen molar-refractivity contribution in [2.24, 2.45) is 0 Å². The van der Waals surface area contributed by atoms with Crippen molar-refractivity contribution in [2.75, 3.05) is 46.3 Å². The van der Waals surface area contributed by atoms with Crippen molar-refractivity contribution in [1.82, 2.24) is 4.90 Å². The number of anilines is 1. The van der Waals surface area contributed by atoms with Crippen LogP contribution < -0.4 is 5.73 Å². The first-order valence-electron chi connectivity index (χ1n) is 6.76. The van der Waals surface area contributed by atoms with Crippen LogP contribution in [0.3, 0.4) is 0 Å². The Balaban J connectivity index is 2.66. The van der Waals surface area contributed by atoms with E-state index in [2.05, 4.69) is 17.9 Å². The Kier molecular flexibility index (Phi) is 7.48. The summed E-state index contributed by atoms with van der Waals surface area (Å²) in [7, 11) is 3.47. The molecule has 0 aliphatic carbocycles. The SMILES string of the molecule is COCCCN(CCOC)C(C)c1cccc(N)c1. The van der Waals surface area contributed by atoms with Crippen molar-refractivity contribution in [3.05, 3.63) is 29.8 Å². The van der Waals surface area contributed by atoms with E-state index in [0.29, 0.717) is 6.04 Å². The second-order valence-electron chi connectivity index (χ2n) is 4.72. The van der Waals surface area contributed by atoms with Crippen LogP contribution in [-0.2, 0) is 9.47 Å². The van der Waals surface area contributed by atoms with Gasteiger partial charge >= 0.3 is 0 Å². The van der Waals surface area contributed by atoms with Crippen molar-refractivity contribution in [3.63, 3.8) is 0 Å². The van der Waals surface area contributed by atoms with Gasteiger partial charge in [-0.05, 0) is 31.0 Å². The summed E-state index contributed by atoms with van der Waals surface area (Å²) < 4.78 is 10.3. The molecule has 0 radical (unpaired) electrons. The lowest BCUT2D eigenvalue weighted by molar-refractivity contribution is 0.111. The molecule has 0 saturated carbocycles. The Morgan fingerprint density at radius 2 is 1.89 bits per heavy atom. The monoisotopic (exact) mass is 266 g/mol. The number of nitrogens with zero attached hydrogens (tertiary/aromatic N) is 1. The molecule has 0 aliphatic rings. The van der Waals surface area contributed by atoms with Crippen molar-refractivity contribution in [3.8, 4) is 0 Å². The summed E-state index contributed by atoms with van der Waals surface area (Å²) >= 11 is 0. The lowest BCUT2D eigenvalue weighted by atomic mass is 10.1. The molecule has 0 aromatic heterocycles. The molecule has 0 bridgehead atoms. The summed E-state index contributed by atoms with van der Waals surface area (Å²) in [5, 5.41) is 0. The standard InChI is InChI=1S/C15H26N2O2/c1-13(14-6-4-7-15(16)12-14)17(9-11-19-3)8-5-10-18-2/h4,6-7,12-13H,5,8-11,16H2,1-3H3. The van der Waals surface area contributed by atoms with E-state index in [1.807, 2.05) is 18.2 Å². The van der Waals surface area contributed by atoms with Gasteiger partial charge in [0.15, 0.2) is 0 Å². The van der Waals surface area contributed by atoms with E-state index in [4.69, 9.17) is 15.2 Å². The molecule has 4 heteroatoms. The largest absolute Gasteiger partial charge is 0.399 e. The van der Waals surface area contributed by atoms with Gasteiger partial charge in [0.05, 0.1) is 6.61 Å². The molecule has 1 aromatic rings. The molecule has 19 heavy (non-hydrogen) atoms. The van der Waals surface area contributed by atoms with Gasteiger partial charge in [0.1, 0.15) is 0 Å². The Labute approximate surface area is 116 Å². The van der Waals surface area contributed by atoms with Crippen molar-refractivity contribution >= 4 is 5.69 Å². The third kappa shape index (κ3) is 5.59. The fourth-order valence-corrected chi connectivity index (χ4v) is 2.15. The predicted octanol–water partition coefficient (Wildman–Crippen LogP) is 2.31. The third-order valence-corrected chi connectivity index (χ3v) is 3.32. The molecule has 0 fully saturated rings. The maximum Gasteiger partial charge on any atom is 0.0589 e. The normalized spacial score (nSPS) is 12.8. The maximum absolute atomic E-state index is 5.86. The van der Waals surface area contributed by atoms with E-state index >= 15 is 0 Å². The quantitative estimate of drug-likeness (QED) is 0.550. The molecule has 0 aliphatic heterocycles. The third-order valence-electron chi connectivity index (χ3n) is 3.32. The first kappa shape index (κ1) is 16.0. The Hall–Kier alpha value is -1.10. The van der Waals surface area contributed by atoms with Crippen LogP contribution in [0.2, 0.25) is 0 Å². The summed E-state index contributed by atoms with van der Waals surface area (Å²) in [6.45, 7) is 5.63. The van der Waals surface area contributed by atoms with Crippen molar-refractivity contribution in [1.29, 1.82) is 0 Å². The van der Waals surface area contributed by atoms with E-state index in [9.17, 15) is 0 Å². The van der Waals surface area contributed by atoms with Crippen LogP contribution in [0, 0.1) is 0 Å². The first-order chi connectivity index (χ1) is 9.19. The molecule has 1 aromatic carbocycles. The fraction of sp³-hybridized carbons (Fsp3) is 0.600. The van der Waals surface area contributed by atoms with Crippen LogP contribution in [0.4, 0.5) is 5.69 Å². The highest BCUT2D eigenvalue weighted by Crippen LogP contribution is 2.21. The fourth-order valence-electron chi connectivity index (χ4n) is 2.15. The van der Waals surface area contributed by atoms with E-state index in [0.717, 1.165) is 38.4 Å². The highest BCUT2D eigenvalue weighted by molar-refractivity contribution is 5.41. The lowest BCUT2D eigenvalue weighted by Crippen LogP contribution is -2.32. The van der Waals surface area contributed by atoms with Crippen LogP contribution in [0.15, 0.2) is 24.3 Å². The molecule has 1 unspecified atom stereocenters. The zero-order chi connectivity index (χ0) is 14.1. The molecule has 0 spiro atoms. The number of ether oxygens (including phenoxy) is 2. The highest BCUT2D eigenvalue weighted by Gasteiger charge is 2.15. The minimum absolute atomic E-state index is 0.329. The zero-order valence-corrected chi connectivity index (χ0v) is 12.3. The van der Waals surface area contributed by atoms with Crippen LogP contribution in [0.5, 0.6) is 0 Å². The molecule has 0 heterocycles. The van der Waals surface area contributed by atoms with E-state index in [1.54, 1.807) is 14.2 Å². The van der Waals surface area contributed by atoms with Crippen LogP contribution in [0.25, 0.3) is 0 Å². The van der Waals surface area contributed by atoms with Gasteiger partial charge in [-0.3, -0.25) is 4.90 Å². The van der Waals surface area contributed by atoms with Crippen LogP contribution >= 0.6 is 0 Å². The molecular formula is C15H26N2O2. The molecule has 4 nitrogen and oxygen atoms in total.